The maximum absolute atomic E-state index is 11.8. The Morgan fingerprint density at radius 3 is 1.40 bits per heavy atom. The molecule has 0 fully saturated rings. The smallest absolute Gasteiger partial charge is 0.343 e. The zero-order valence-electron chi connectivity index (χ0n) is 18.8. The van der Waals surface area contributed by atoms with Gasteiger partial charge in [-0.05, 0) is 49.7 Å². The molecule has 0 aliphatic carbocycles. The Kier molecular flexibility index (Phi) is 14.5. The Balaban J connectivity index is 4.31. The van der Waals surface area contributed by atoms with E-state index in [4.69, 9.17) is 9.47 Å². The third-order valence-electron chi connectivity index (χ3n) is 4.32. The van der Waals surface area contributed by atoms with Gasteiger partial charge in [-0.3, -0.25) is 0 Å². The minimum atomic E-state index is -2.06. The Bertz CT molecular complexity index is 561. The zero-order valence-corrected chi connectivity index (χ0v) is 18.8. The van der Waals surface area contributed by atoms with Crippen molar-refractivity contribution in [1.29, 1.82) is 0 Å². The standard InChI is InChI=1S/C24H38O6/c1-17(2)9-7-11-19(5)13-15-29-23(27)21(25)22(26)24(28)30-16-14-20(6)12-8-10-18(3)4/h13-18,21-22,25-26H,5-12H2,1-4H3. The average Bonchev–Trinajstić information content (AvgIpc) is 2.65. The third kappa shape index (κ3) is 13.9. The van der Waals surface area contributed by atoms with E-state index in [1.807, 2.05) is 0 Å². The molecule has 0 aromatic rings. The summed E-state index contributed by atoms with van der Waals surface area (Å²) in [6.07, 6.45) is 6.70. The Morgan fingerprint density at radius 2 is 1.10 bits per heavy atom. The lowest BCUT2D eigenvalue weighted by Crippen LogP contribution is -2.40. The summed E-state index contributed by atoms with van der Waals surface area (Å²) in [6.45, 7) is 16.3. The summed E-state index contributed by atoms with van der Waals surface area (Å²) in [7, 11) is 0. The molecule has 170 valence electrons. The van der Waals surface area contributed by atoms with Crippen LogP contribution >= 0.6 is 0 Å². The van der Waals surface area contributed by atoms with E-state index in [2.05, 4.69) is 40.9 Å². The number of esters is 2. The number of aliphatic hydroxyl groups is 2. The number of carbonyl (C=O) groups is 2. The van der Waals surface area contributed by atoms with Gasteiger partial charge in [0.25, 0.3) is 0 Å². The minimum absolute atomic E-state index is 0.605. The molecular weight excluding hydrogens is 384 g/mol. The quantitative estimate of drug-likeness (QED) is 0.228. The van der Waals surface area contributed by atoms with E-state index >= 15 is 0 Å². The van der Waals surface area contributed by atoms with Crippen LogP contribution in [0.5, 0.6) is 0 Å². The lowest BCUT2D eigenvalue weighted by Gasteiger charge is -2.13. The molecule has 0 saturated heterocycles. The van der Waals surface area contributed by atoms with Crippen LogP contribution in [0, 0.1) is 11.8 Å². The lowest BCUT2D eigenvalue weighted by atomic mass is 10.0. The third-order valence-corrected chi connectivity index (χ3v) is 4.32. The summed E-state index contributed by atoms with van der Waals surface area (Å²) < 4.78 is 9.50. The van der Waals surface area contributed by atoms with Crippen molar-refractivity contribution >= 4 is 11.9 Å². The van der Waals surface area contributed by atoms with Crippen LogP contribution in [0.3, 0.4) is 0 Å². The predicted octanol–water partition coefficient (Wildman–Crippen LogP) is 4.59. The highest BCUT2D eigenvalue weighted by atomic mass is 16.6. The van der Waals surface area contributed by atoms with Crippen molar-refractivity contribution in [3.05, 3.63) is 49.0 Å². The SMILES string of the molecule is C=C(C=COC(=O)C(O)C(O)C(=O)OC=CC(=C)CCCC(C)C)CCCC(C)C. The van der Waals surface area contributed by atoms with Crippen molar-refractivity contribution in [1.82, 2.24) is 0 Å². The highest BCUT2D eigenvalue weighted by Crippen LogP contribution is 2.13. The molecule has 30 heavy (non-hydrogen) atoms. The van der Waals surface area contributed by atoms with Gasteiger partial charge in [-0.2, -0.15) is 0 Å². The monoisotopic (exact) mass is 422 g/mol. The van der Waals surface area contributed by atoms with Crippen molar-refractivity contribution in [2.75, 3.05) is 0 Å². The van der Waals surface area contributed by atoms with Gasteiger partial charge in [0.05, 0.1) is 12.5 Å². The molecule has 0 aromatic heterocycles. The summed E-state index contributed by atoms with van der Waals surface area (Å²) in [4.78, 5) is 23.6. The molecule has 6 nitrogen and oxygen atoms in total. The van der Waals surface area contributed by atoms with Gasteiger partial charge in [0.15, 0.2) is 12.2 Å². The number of allylic oxidation sites excluding steroid dienone is 4. The predicted molar refractivity (Wildman–Crippen MR) is 118 cm³/mol. The highest BCUT2D eigenvalue weighted by molar-refractivity contribution is 5.85. The molecule has 2 N–H and O–H groups in total. The van der Waals surface area contributed by atoms with Gasteiger partial charge in [0, 0.05) is 0 Å². The fourth-order valence-electron chi connectivity index (χ4n) is 2.43. The van der Waals surface area contributed by atoms with Gasteiger partial charge in [-0.1, -0.05) is 64.8 Å². The molecule has 0 spiro atoms. The number of ether oxygens (including phenoxy) is 2. The van der Waals surface area contributed by atoms with Gasteiger partial charge in [0.2, 0.25) is 0 Å². The van der Waals surface area contributed by atoms with Gasteiger partial charge in [0.1, 0.15) is 0 Å². The summed E-state index contributed by atoms with van der Waals surface area (Å²) in [5, 5.41) is 19.6. The molecule has 6 heteroatoms. The van der Waals surface area contributed by atoms with Gasteiger partial charge < -0.3 is 19.7 Å². The molecule has 0 aliphatic rings. The summed E-state index contributed by atoms with van der Waals surface area (Å²) in [5.41, 5.74) is 1.55. The van der Waals surface area contributed by atoms with E-state index in [1.54, 1.807) is 0 Å². The Morgan fingerprint density at radius 1 is 0.767 bits per heavy atom. The van der Waals surface area contributed by atoms with E-state index in [9.17, 15) is 19.8 Å². The fraction of sp³-hybridized carbons (Fsp3) is 0.583. The van der Waals surface area contributed by atoms with E-state index in [0.29, 0.717) is 11.8 Å². The van der Waals surface area contributed by atoms with Crippen LogP contribution in [0.4, 0.5) is 0 Å². The first kappa shape index (κ1) is 27.8. The van der Waals surface area contributed by atoms with Gasteiger partial charge >= 0.3 is 11.9 Å². The van der Waals surface area contributed by atoms with Crippen molar-refractivity contribution in [2.24, 2.45) is 11.8 Å². The summed E-state index contributed by atoms with van der Waals surface area (Å²) in [5.74, 6) is -1.11. The first-order chi connectivity index (χ1) is 14.0. The minimum Gasteiger partial charge on any atom is -0.432 e. The van der Waals surface area contributed by atoms with Crippen molar-refractivity contribution in [3.8, 4) is 0 Å². The van der Waals surface area contributed by atoms with Crippen LogP contribution in [0.2, 0.25) is 0 Å². The molecule has 0 aliphatic heterocycles. The topological polar surface area (TPSA) is 93.1 Å². The lowest BCUT2D eigenvalue weighted by molar-refractivity contribution is -0.166. The average molecular weight is 423 g/mol. The molecule has 0 aromatic carbocycles. The Labute approximate surface area is 181 Å². The van der Waals surface area contributed by atoms with E-state index in [1.165, 1.54) is 12.2 Å². The maximum Gasteiger partial charge on any atom is 0.343 e. The van der Waals surface area contributed by atoms with E-state index < -0.39 is 24.1 Å². The maximum atomic E-state index is 11.8. The second-order valence-corrected chi connectivity index (χ2v) is 8.26. The Hall–Kier alpha value is -2.18. The van der Waals surface area contributed by atoms with E-state index in [0.717, 1.165) is 62.2 Å². The number of hydrogen-bond acceptors (Lipinski definition) is 6. The van der Waals surface area contributed by atoms with Crippen molar-refractivity contribution in [3.63, 3.8) is 0 Å². The van der Waals surface area contributed by atoms with Crippen LogP contribution in [-0.2, 0) is 19.1 Å². The van der Waals surface area contributed by atoms with Crippen molar-refractivity contribution in [2.45, 2.75) is 78.4 Å². The van der Waals surface area contributed by atoms with Crippen LogP contribution in [-0.4, -0.2) is 34.4 Å². The molecule has 0 heterocycles. The van der Waals surface area contributed by atoms with Crippen LogP contribution in [0.15, 0.2) is 49.0 Å². The number of hydrogen-bond donors (Lipinski definition) is 2. The van der Waals surface area contributed by atoms with Crippen LogP contribution in [0.25, 0.3) is 0 Å². The van der Waals surface area contributed by atoms with Crippen LogP contribution < -0.4 is 0 Å². The van der Waals surface area contributed by atoms with Gasteiger partial charge in [-0.25, -0.2) is 9.59 Å². The fourth-order valence-corrected chi connectivity index (χ4v) is 2.43. The molecule has 0 saturated carbocycles. The van der Waals surface area contributed by atoms with Gasteiger partial charge in [-0.15, -0.1) is 0 Å². The molecule has 0 radical (unpaired) electrons. The second kappa shape index (κ2) is 15.6. The molecule has 2 atom stereocenters. The molecule has 0 amide bonds. The number of aliphatic hydroxyl groups excluding tert-OH is 2. The molecule has 0 rings (SSSR count). The molecule has 2 unspecified atom stereocenters. The normalized spacial score (nSPS) is 13.7. The molecule has 0 bridgehead atoms. The number of carbonyl (C=O) groups excluding carboxylic acids is 2. The molecular formula is C24H38O6. The second-order valence-electron chi connectivity index (χ2n) is 8.26. The summed E-state index contributed by atoms with van der Waals surface area (Å²) in [6, 6.07) is 0. The van der Waals surface area contributed by atoms with Crippen molar-refractivity contribution < 1.29 is 29.3 Å². The van der Waals surface area contributed by atoms with E-state index in [-0.39, 0.29) is 0 Å². The number of rotatable bonds is 15. The zero-order chi connectivity index (χ0) is 23.1. The highest BCUT2D eigenvalue weighted by Gasteiger charge is 2.32. The first-order valence-corrected chi connectivity index (χ1v) is 10.5. The largest absolute Gasteiger partial charge is 0.432 e. The summed E-state index contributed by atoms with van der Waals surface area (Å²) >= 11 is 0. The van der Waals surface area contributed by atoms with Crippen LogP contribution in [0.1, 0.15) is 66.2 Å². The first-order valence-electron chi connectivity index (χ1n) is 10.5.